The first-order valence-corrected chi connectivity index (χ1v) is 11.2. The quantitative estimate of drug-likeness (QED) is 0.533. The molecule has 5 rings (SSSR count). The molecule has 0 unspecified atom stereocenters. The average molecular weight is 515 g/mol. The fourth-order valence-corrected chi connectivity index (χ4v) is 4.90. The number of nitrogens with zero attached hydrogens (tertiary/aromatic N) is 3. The van der Waals surface area contributed by atoms with E-state index < -0.39 is 46.9 Å². The van der Waals surface area contributed by atoms with Gasteiger partial charge in [0.15, 0.2) is 0 Å². The molecule has 1 aliphatic carbocycles. The molecule has 1 N–H and O–H groups in total. The molecule has 192 valence electrons. The van der Waals surface area contributed by atoms with Gasteiger partial charge in [-0.25, -0.2) is 9.59 Å². The lowest BCUT2D eigenvalue weighted by atomic mass is 9.97. The second kappa shape index (κ2) is 8.08. The number of anilines is 1. The minimum absolute atomic E-state index is 0.0474. The van der Waals surface area contributed by atoms with Crippen molar-refractivity contribution in [1.82, 2.24) is 9.13 Å². The van der Waals surface area contributed by atoms with Gasteiger partial charge in [-0.1, -0.05) is 12.1 Å². The van der Waals surface area contributed by atoms with E-state index in [0.29, 0.717) is 28.7 Å². The maximum absolute atomic E-state index is 13.5. The Morgan fingerprint density at radius 1 is 1.14 bits per heavy atom. The Balaban J connectivity index is 1.68. The molecule has 1 aromatic heterocycles. The van der Waals surface area contributed by atoms with Crippen LogP contribution in [0.1, 0.15) is 35.1 Å². The van der Waals surface area contributed by atoms with Crippen molar-refractivity contribution in [3.8, 4) is 11.4 Å². The number of benzene rings is 2. The van der Waals surface area contributed by atoms with E-state index in [1.807, 2.05) is 0 Å². The van der Waals surface area contributed by atoms with E-state index in [9.17, 15) is 32.3 Å². The third-order valence-corrected chi connectivity index (χ3v) is 7.02. The lowest BCUT2D eigenvalue weighted by Crippen LogP contribution is -2.40. The predicted molar refractivity (Wildman–Crippen MR) is 125 cm³/mol. The second-order valence-corrected chi connectivity index (χ2v) is 9.14. The van der Waals surface area contributed by atoms with Gasteiger partial charge in [0.25, 0.3) is 5.56 Å². The molecule has 12 heteroatoms. The Hall–Kier alpha value is -4.35. The summed E-state index contributed by atoms with van der Waals surface area (Å²) in [6.07, 6.45) is -4.24. The summed E-state index contributed by atoms with van der Waals surface area (Å²) in [6.45, 7) is 0.669. The molecule has 1 saturated carbocycles. The summed E-state index contributed by atoms with van der Waals surface area (Å²) in [5.74, 6) is -0.765. The summed E-state index contributed by atoms with van der Waals surface area (Å²) >= 11 is 0. The SMILES string of the molecule is Cc1c(Cn2c(=O)c(OC(=O)O)cn(-c3ccc4c(c3)C3(CC3)C(=O)N4C)c2=O)cccc1C(F)(F)F. The zero-order valence-electron chi connectivity index (χ0n) is 19.6. The summed E-state index contributed by atoms with van der Waals surface area (Å²) in [5, 5.41) is 9.11. The third-order valence-electron chi connectivity index (χ3n) is 7.02. The minimum Gasteiger partial charge on any atom is -0.449 e. The summed E-state index contributed by atoms with van der Waals surface area (Å²) < 4.78 is 46.4. The van der Waals surface area contributed by atoms with Crippen molar-refractivity contribution in [3.63, 3.8) is 0 Å². The maximum atomic E-state index is 13.5. The van der Waals surface area contributed by atoms with Crippen LogP contribution in [0.15, 0.2) is 52.2 Å². The van der Waals surface area contributed by atoms with Crippen LogP contribution in [0, 0.1) is 6.92 Å². The normalized spacial score (nSPS) is 15.7. The van der Waals surface area contributed by atoms with Gasteiger partial charge in [0.2, 0.25) is 11.7 Å². The molecule has 1 aliphatic heterocycles. The number of halogens is 3. The first-order chi connectivity index (χ1) is 17.3. The monoisotopic (exact) mass is 515 g/mol. The largest absolute Gasteiger partial charge is 0.511 e. The van der Waals surface area contributed by atoms with E-state index in [1.54, 1.807) is 19.2 Å². The number of carbonyl (C=O) groups excluding carboxylic acids is 1. The number of ether oxygens (including phenoxy) is 1. The third kappa shape index (κ3) is 3.79. The molecule has 37 heavy (non-hydrogen) atoms. The molecule has 0 saturated heterocycles. The number of amides is 1. The number of aromatic nitrogens is 2. The molecule has 2 heterocycles. The fraction of sp³-hybridized carbons (Fsp3) is 0.280. The Morgan fingerprint density at radius 2 is 1.84 bits per heavy atom. The summed E-state index contributed by atoms with van der Waals surface area (Å²) in [6, 6.07) is 8.20. The average Bonchev–Trinajstić information content (AvgIpc) is 3.61. The van der Waals surface area contributed by atoms with Crippen molar-refractivity contribution < 1.29 is 32.6 Å². The molecule has 3 aromatic rings. The highest BCUT2D eigenvalue weighted by Gasteiger charge is 2.58. The van der Waals surface area contributed by atoms with Crippen molar-refractivity contribution in [1.29, 1.82) is 0 Å². The molecule has 0 atom stereocenters. The molecule has 1 spiro atoms. The van der Waals surface area contributed by atoms with Crippen LogP contribution in [-0.2, 0) is 22.9 Å². The van der Waals surface area contributed by atoms with Crippen LogP contribution < -0.4 is 20.9 Å². The molecule has 0 bridgehead atoms. The van der Waals surface area contributed by atoms with Gasteiger partial charge in [-0.05, 0) is 60.7 Å². The number of likely N-dealkylation sites (N-methyl/N-ethyl adjacent to an activating group) is 1. The van der Waals surface area contributed by atoms with E-state index in [2.05, 4.69) is 4.74 Å². The van der Waals surface area contributed by atoms with Gasteiger partial charge in [0.05, 0.1) is 29.4 Å². The van der Waals surface area contributed by atoms with Gasteiger partial charge in [0, 0.05) is 12.7 Å². The van der Waals surface area contributed by atoms with E-state index >= 15 is 0 Å². The van der Waals surface area contributed by atoms with Gasteiger partial charge in [-0.3, -0.25) is 18.7 Å². The van der Waals surface area contributed by atoms with Crippen molar-refractivity contribution in [2.75, 3.05) is 11.9 Å². The van der Waals surface area contributed by atoms with Crippen LogP contribution in [0.2, 0.25) is 0 Å². The van der Waals surface area contributed by atoms with Crippen LogP contribution in [-0.4, -0.2) is 33.4 Å². The maximum Gasteiger partial charge on any atom is 0.511 e. The van der Waals surface area contributed by atoms with Gasteiger partial charge >= 0.3 is 18.0 Å². The van der Waals surface area contributed by atoms with Gasteiger partial charge in [-0.15, -0.1) is 0 Å². The van der Waals surface area contributed by atoms with Crippen LogP contribution >= 0.6 is 0 Å². The summed E-state index contributed by atoms with van der Waals surface area (Å²) in [7, 11) is 1.65. The number of carbonyl (C=O) groups is 2. The molecular formula is C25H20F3N3O6. The number of hydrogen-bond acceptors (Lipinski definition) is 5. The van der Waals surface area contributed by atoms with Crippen molar-refractivity contribution >= 4 is 17.7 Å². The van der Waals surface area contributed by atoms with Crippen LogP contribution in [0.25, 0.3) is 5.69 Å². The van der Waals surface area contributed by atoms with Gasteiger partial charge in [0.1, 0.15) is 0 Å². The molecule has 2 aromatic carbocycles. The van der Waals surface area contributed by atoms with Crippen LogP contribution in [0.4, 0.5) is 23.7 Å². The van der Waals surface area contributed by atoms with Gasteiger partial charge in [-0.2, -0.15) is 13.2 Å². The van der Waals surface area contributed by atoms with E-state index in [4.69, 9.17) is 5.11 Å². The Kier molecular flexibility index (Phi) is 5.32. The van der Waals surface area contributed by atoms with Crippen molar-refractivity contribution in [2.45, 2.75) is 37.9 Å². The zero-order valence-corrected chi connectivity index (χ0v) is 19.6. The van der Waals surface area contributed by atoms with Crippen LogP contribution in [0.5, 0.6) is 5.75 Å². The number of hydrogen-bond donors (Lipinski definition) is 1. The smallest absolute Gasteiger partial charge is 0.449 e. The van der Waals surface area contributed by atoms with E-state index in [1.165, 1.54) is 24.0 Å². The molecular weight excluding hydrogens is 495 g/mol. The highest BCUT2D eigenvalue weighted by atomic mass is 19.4. The first-order valence-electron chi connectivity index (χ1n) is 11.2. The highest BCUT2D eigenvalue weighted by Crippen LogP contribution is 2.57. The first kappa shape index (κ1) is 24.3. The van der Waals surface area contributed by atoms with Crippen LogP contribution in [0.3, 0.4) is 0 Å². The molecule has 1 fully saturated rings. The highest BCUT2D eigenvalue weighted by molar-refractivity contribution is 6.10. The Bertz CT molecular complexity index is 1600. The molecule has 9 nitrogen and oxygen atoms in total. The van der Waals surface area contributed by atoms with E-state index in [-0.39, 0.29) is 22.7 Å². The van der Waals surface area contributed by atoms with Gasteiger partial charge < -0.3 is 14.7 Å². The van der Waals surface area contributed by atoms with E-state index in [0.717, 1.165) is 22.9 Å². The number of fused-ring (bicyclic) bond motifs is 2. The molecule has 2 aliphatic rings. The van der Waals surface area contributed by atoms with Crippen molar-refractivity contribution in [2.24, 2.45) is 0 Å². The zero-order chi connectivity index (χ0) is 26.9. The molecule has 0 radical (unpaired) electrons. The Morgan fingerprint density at radius 3 is 2.46 bits per heavy atom. The number of alkyl halides is 3. The second-order valence-electron chi connectivity index (χ2n) is 9.14. The molecule has 1 amide bonds. The lowest BCUT2D eigenvalue weighted by molar-refractivity contribution is -0.138. The standard InChI is InChI=1S/C25H20F3N3O6/c1-13-14(4-3-5-16(13)25(26,27)28)11-31-20(32)19(37-23(35)36)12-30(22(31)34)15-6-7-18-17(10-15)24(8-9-24)21(33)29(18)2/h3-7,10,12H,8-9,11H2,1-2H3,(H,35,36). The Labute approximate surface area is 206 Å². The fourth-order valence-electron chi connectivity index (χ4n) is 4.90. The predicted octanol–water partition coefficient (Wildman–Crippen LogP) is 3.44. The topological polar surface area (TPSA) is 111 Å². The summed E-state index contributed by atoms with van der Waals surface area (Å²) in [5.41, 5.74) is -2.13. The minimum atomic E-state index is -4.65. The number of rotatable bonds is 4. The lowest BCUT2D eigenvalue weighted by Gasteiger charge is -2.17. The summed E-state index contributed by atoms with van der Waals surface area (Å²) in [4.78, 5) is 51.9. The van der Waals surface area contributed by atoms with Crippen molar-refractivity contribution in [3.05, 3.63) is 85.7 Å². The number of carboxylic acid groups (broad SMARTS) is 1.